The predicted octanol–water partition coefficient (Wildman–Crippen LogP) is 2.07. The monoisotopic (exact) mass is 398 g/mol. The third kappa shape index (κ3) is 4.14. The van der Waals surface area contributed by atoms with Gasteiger partial charge in [0.1, 0.15) is 5.52 Å². The Hall–Kier alpha value is -2.81. The number of aromatic nitrogens is 3. The number of para-hydroxylation sites is 1. The van der Waals surface area contributed by atoms with Gasteiger partial charge in [0.05, 0.1) is 18.0 Å². The number of hydroxylamine groups is 2. The second-order valence-corrected chi connectivity index (χ2v) is 8.19. The molecule has 1 atom stereocenters. The van der Waals surface area contributed by atoms with Gasteiger partial charge in [-0.2, -0.15) is 0 Å². The fourth-order valence-electron chi connectivity index (χ4n) is 5.00. The maximum Gasteiger partial charge on any atom is 0.262 e. The Morgan fingerprint density at radius 3 is 2.69 bits per heavy atom. The van der Waals surface area contributed by atoms with Crippen molar-refractivity contribution in [3.05, 3.63) is 23.8 Å². The van der Waals surface area contributed by atoms with Crippen LogP contribution < -0.4 is 10.9 Å². The number of nitrogens with zero attached hydrogens (tertiary/aromatic N) is 4. The van der Waals surface area contributed by atoms with Crippen LogP contribution in [0.3, 0.4) is 0 Å². The van der Waals surface area contributed by atoms with Gasteiger partial charge in [0, 0.05) is 0 Å². The Morgan fingerprint density at radius 1 is 1.28 bits per heavy atom. The van der Waals surface area contributed by atoms with Gasteiger partial charge in [-0.25, -0.2) is 10.0 Å². The molecular formula is C20H26N6O3. The van der Waals surface area contributed by atoms with Crippen molar-refractivity contribution in [2.45, 2.75) is 39.0 Å². The van der Waals surface area contributed by atoms with Crippen molar-refractivity contribution in [1.29, 1.82) is 0 Å². The molecule has 154 valence electrons. The summed E-state index contributed by atoms with van der Waals surface area (Å²) in [6, 6.07) is 5.64. The minimum absolute atomic E-state index is 0.0388. The number of rotatable bonds is 8. The van der Waals surface area contributed by atoms with Crippen molar-refractivity contribution in [1.82, 2.24) is 25.7 Å². The van der Waals surface area contributed by atoms with Crippen LogP contribution in [-0.4, -0.2) is 44.3 Å². The van der Waals surface area contributed by atoms with E-state index in [-0.39, 0.29) is 18.4 Å². The van der Waals surface area contributed by atoms with Crippen LogP contribution in [0.5, 0.6) is 0 Å². The predicted molar refractivity (Wildman–Crippen MR) is 105 cm³/mol. The lowest BCUT2D eigenvalue weighted by atomic mass is 9.86. The first-order valence-corrected chi connectivity index (χ1v) is 10.1. The van der Waals surface area contributed by atoms with Crippen molar-refractivity contribution >= 4 is 29.3 Å². The van der Waals surface area contributed by atoms with E-state index in [1.807, 2.05) is 25.1 Å². The lowest BCUT2D eigenvalue weighted by Crippen LogP contribution is -2.41. The van der Waals surface area contributed by atoms with Gasteiger partial charge in [0.15, 0.2) is 0 Å². The molecule has 3 N–H and O–H groups in total. The molecule has 0 aliphatic heterocycles. The molecule has 2 amide bonds. The number of carbonyl (C=O) groups excluding carboxylic acids is 2. The lowest BCUT2D eigenvalue weighted by molar-refractivity contribution is -0.155. The van der Waals surface area contributed by atoms with Gasteiger partial charge in [0.25, 0.3) is 5.95 Å². The number of anilines is 1. The van der Waals surface area contributed by atoms with E-state index in [0.717, 1.165) is 5.56 Å². The highest BCUT2D eigenvalue weighted by Crippen LogP contribution is 2.51. The highest BCUT2D eigenvalue weighted by Gasteiger charge is 2.43. The van der Waals surface area contributed by atoms with Gasteiger partial charge in [-0.05, 0) is 68.4 Å². The topological polar surface area (TPSA) is 120 Å². The number of fused-ring (bicyclic) bond motifs is 3. The molecule has 0 saturated heterocycles. The summed E-state index contributed by atoms with van der Waals surface area (Å²) in [5.74, 6) is 1.16. The lowest BCUT2D eigenvalue weighted by Gasteiger charge is -2.24. The maximum absolute atomic E-state index is 12.8. The Morgan fingerprint density at radius 2 is 2.00 bits per heavy atom. The first-order valence-electron chi connectivity index (χ1n) is 10.1. The van der Waals surface area contributed by atoms with Crippen molar-refractivity contribution in [3.8, 4) is 0 Å². The summed E-state index contributed by atoms with van der Waals surface area (Å²) in [5.41, 5.74) is 7.70. The zero-order chi connectivity index (χ0) is 20.4. The molecule has 2 aliphatic rings. The zero-order valence-corrected chi connectivity index (χ0v) is 16.4. The molecule has 2 bridgehead atoms. The van der Waals surface area contributed by atoms with E-state index < -0.39 is 5.92 Å². The third-order valence-electron chi connectivity index (χ3n) is 6.47. The first-order chi connectivity index (χ1) is 14.0. The molecule has 0 unspecified atom stereocenters. The summed E-state index contributed by atoms with van der Waals surface area (Å²) >= 11 is 0. The normalized spacial score (nSPS) is 23.7. The number of amides is 2. The molecule has 4 rings (SSSR count). The largest absolute Gasteiger partial charge is 0.286 e. The van der Waals surface area contributed by atoms with Crippen molar-refractivity contribution in [2.24, 2.45) is 23.7 Å². The average Bonchev–Trinajstić information content (AvgIpc) is 3.31. The molecule has 2 fully saturated rings. The van der Waals surface area contributed by atoms with E-state index in [1.165, 1.54) is 25.7 Å². The second-order valence-electron chi connectivity index (χ2n) is 8.19. The van der Waals surface area contributed by atoms with Gasteiger partial charge in [-0.1, -0.05) is 12.1 Å². The number of hydrogen-bond acceptors (Lipinski definition) is 7. The smallest absolute Gasteiger partial charge is 0.262 e. The first kappa shape index (κ1) is 19.5. The average molecular weight is 398 g/mol. The number of nitrogens with one attached hydrogen (secondary N) is 2. The summed E-state index contributed by atoms with van der Waals surface area (Å²) < 4.78 is 0. The van der Waals surface area contributed by atoms with E-state index in [9.17, 15) is 14.8 Å². The summed E-state index contributed by atoms with van der Waals surface area (Å²) in [6.07, 6.45) is 5.85. The molecule has 9 heteroatoms. The molecule has 1 heterocycles. The van der Waals surface area contributed by atoms with Crippen LogP contribution in [0.15, 0.2) is 18.2 Å². The van der Waals surface area contributed by atoms with E-state index in [2.05, 4.69) is 26.0 Å². The molecule has 2 aliphatic carbocycles. The molecule has 2 aromatic rings. The third-order valence-corrected chi connectivity index (χ3v) is 6.47. The SMILES string of the molecule is Cc1cccc2nnc(NNC(=O)[C@H](CC3C4CCC3CC4)CN(O)C=O)nc12. The van der Waals surface area contributed by atoms with Crippen molar-refractivity contribution < 1.29 is 14.8 Å². The minimum Gasteiger partial charge on any atom is -0.286 e. The number of benzene rings is 1. The second kappa shape index (κ2) is 8.28. The van der Waals surface area contributed by atoms with Gasteiger partial charge >= 0.3 is 0 Å². The van der Waals surface area contributed by atoms with Gasteiger partial charge in [0.2, 0.25) is 12.3 Å². The molecular weight excluding hydrogens is 372 g/mol. The maximum atomic E-state index is 12.8. The van der Waals surface area contributed by atoms with Crippen LogP contribution in [0.1, 0.15) is 37.7 Å². The minimum atomic E-state index is -0.515. The van der Waals surface area contributed by atoms with Gasteiger partial charge in [-0.3, -0.25) is 25.6 Å². The van der Waals surface area contributed by atoms with E-state index >= 15 is 0 Å². The standard InChI is InChI=1S/C20H26N6O3/c1-12-3-2-4-17-18(12)21-20(24-22-17)25-23-19(28)15(10-26(29)11-27)9-16-13-5-6-14(16)8-7-13/h2-4,11,13-16,29H,5-10H2,1H3,(H,23,28)(H,21,24,25)/t13?,14?,15-,16?/m1/s1. The highest BCUT2D eigenvalue weighted by molar-refractivity contribution is 5.81. The molecule has 0 spiro atoms. The molecule has 29 heavy (non-hydrogen) atoms. The number of carbonyl (C=O) groups is 2. The number of aryl methyl sites for hydroxylation is 1. The molecule has 1 aromatic heterocycles. The van der Waals surface area contributed by atoms with E-state index in [1.54, 1.807) is 0 Å². The Labute approximate surface area is 168 Å². The fourth-order valence-corrected chi connectivity index (χ4v) is 5.00. The van der Waals surface area contributed by atoms with Crippen LogP contribution in [0.25, 0.3) is 11.0 Å². The van der Waals surface area contributed by atoms with Crippen LogP contribution in [0.4, 0.5) is 5.95 Å². The van der Waals surface area contributed by atoms with Crippen LogP contribution in [0.2, 0.25) is 0 Å². The van der Waals surface area contributed by atoms with E-state index in [4.69, 9.17) is 0 Å². The summed E-state index contributed by atoms with van der Waals surface area (Å²) in [4.78, 5) is 28.1. The number of hydrogen-bond donors (Lipinski definition) is 3. The molecule has 0 radical (unpaired) electrons. The van der Waals surface area contributed by atoms with Crippen molar-refractivity contribution in [2.75, 3.05) is 12.0 Å². The highest BCUT2D eigenvalue weighted by atomic mass is 16.5. The quantitative estimate of drug-likeness (QED) is 0.354. The zero-order valence-electron chi connectivity index (χ0n) is 16.4. The molecule has 9 nitrogen and oxygen atoms in total. The summed E-state index contributed by atoms with van der Waals surface area (Å²) in [6.45, 7) is 1.89. The van der Waals surface area contributed by atoms with Crippen molar-refractivity contribution in [3.63, 3.8) is 0 Å². The Balaban J connectivity index is 1.43. The molecule has 1 aromatic carbocycles. The Bertz CT molecular complexity index is 887. The van der Waals surface area contributed by atoms with Crippen LogP contribution in [-0.2, 0) is 9.59 Å². The van der Waals surface area contributed by atoms with Crippen LogP contribution in [0, 0.1) is 30.6 Å². The number of hydrazine groups is 1. The Kier molecular flexibility index (Phi) is 5.57. The summed E-state index contributed by atoms with van der Waals surface area (Å²) in [7, 11) is 0. The van der Waals surface area contributed by atoms with Gasteiger partial charge < -0.3 is 0 Å². The fraction of sp³-hybridized carbons (Fsp3) is 0.550. The summed E-state index contributed by atoms with van der Waals surface area (Å²) in [5, 5.41) is 18.3. The van der Waals surface area contributed by atoms with Gasteiger partial charge in [-0.15, -0.1) is 10.2 Å². The van der Waals surface area contributed by atoms with E-state index in [0.29, 0.717) is 46.7 Å². The van der Waals surface area contributed by atoms with Crippen LogP contribution >= 0.6 is 0 Å². The molecule has 2 saturated carbocycles.